The van der Waals surface area contributed by atoms with Crippen molar-refractivity contribution in [2.24, 2.45) is 0 Å². The number of rotatable bonds is 6. The molecule has 0 aliphatic heterocycles. The minimum absolute atomic E-state index is 0.130. The number of halogens is 1. The van der Waals surface area contributed by atoms with Crippen molar-refractivity contribution in [3.63, 3.8) is 0 Å². The van der Waals surface area contributed by atoms with Gasteiger partial charge in [-0.2, -0.15) is 0 Å². The lowest BCUT2D eigenvalue weighted by atomic mass is 10.2. The lowest BCUT2D eigenvalue weighted by molar-refractivity contribution is -0.0451. The molecule has 0 spiro atoms. The Morgan fingerprint density at radius 3 is 2.38 bits per heavy atom. The van der Waals surface area contributed by atoms with Gasteiger partial charge in [-0.1, -0.05) is 0 Å². The quantitative estimate of drug-likeness (QED) is 0.533. The summed E-state index contributed by atoms with van der Waals surface area (Å²) in [6, 6.07) is 0. The minimum atomic E-state index is -0.573. The number of hydrogen-bond acceptors (Lipinski definition) is 3. The SMILES string of the molecule is CC(C)(C)OCCOCC(O)CCl. The molecular weight excluding hydrogens is 192 g/mol. The Bertz CT molecular complexity index is 123. The highest BCUT2D eigenvalue weighted by molar-refractivity contribution is 6.18. The highest BCUT2D eigenvalue weighted by Gasteiger charge is 2.09. The van der Waals surface area contributed by atoms with Crippen LogP contribution in [0.15, 0.2) is 0 Å². The summed E-state index contributed by atoms with van der Waals surface area (Å²) < 4.78 is 10.5. The zero-order valence-corrected chi connectivity index (χ0v) is 9.30. The van der Waals surface area contributed by atoms with E-state index in [0.717, 1.165) is 0 Å². The Balaban J connectivity index is 3.18. The fourth-order valence-corrected chi connectivity index (χ4v) is 0.760. The van der Waals surface area contributed by atoms with E-state index in [1.807, 2.05) is 20.8 Å². The Morgan fingerprint density at radius 1 is 1.31 bits per heavy atom. The molecule has 0 radical (unpaired) electrons. The second kappa shape index (κ2) is 6.60. The number of aliphatic hydroxyl groups is 1. The monoisotopic (exact) mass is 210 g/mol. The maximum Gasteiger partial charge on any atom is 0.0908 e. The van der Waals surface area contributed by atoms with Gasteiger partial charge in [0.25, 0.3) is 0 Å². The van der Waals surface area contributed by atoms with Gasteiger partial charge in [-0.05, 0) is 20.8 Å². The summed E-state index contributed by atoms with van der Waals surface area (Å²) in [5.74, 6) is 0.208. The van der Waals surface area contributed by atoms with Crippen molar-refractivity contribution < 1.29 is 14.6 Å². The van der Waals surface area contributed by atoms with E-state index >= 15 is 0 Å². The van der Waals surface area contributed by atoms with Crippen molar-refractivity contribution in [3.05, 3.63) is 0 Å². The maximum absolute atomic E-state index is 9.02. The van der Waals surface area contributed by atoms with E-state index in [0.29, 0.717) is 13.2 Å². The molecule has 1 atom stereocenters. The predicted molar refractivity (Wildman–Crippen MR) is 53.3 cm³/mol. The number of alkyl halides is 1. The van der Waals surface area contributed by atoms with Crippen LogP contribution in [0.2, 0.25) is 0 Å². The van der Waals surface area contributed by atoms with Gasteiger partial charge in [-0.15, -0.1) is 11.6 Å². The van der Waals surface area contributed by atoms with Gasteiger partial charge in [0.1, 0.15) is 0 Å². The van der Waals surface area contributed by atoms with E-state index in [2.05, 4.69) is 0 Å². The molecule has 13 heavy (non-hydrogen) atoms. The zero-order chi connectivity index (χ0) is 10.3. The van der Waals surface area contributed by atoms with Crippen LogP contribution >= 0.6 is 11.6 Å². The first-order chi connectivity index (χ1) is 5.95. The van der Waals surface area contributed by atoms with Gasteiger partial charge in [-0.25, -0.2) is 0 Å². The molecule has 80 valence electrons. The van der Waals surface area contributed by atoms with Gasteiger partial charge >= 0.3 is 0 Å². The predicted octanol–water partition coefficient (Wildman–Crippen LogP) is 1.42. The van der Waals surface area contributed by atoms with E-state index in [4.69, 9.17) is 26.2 Å². The molecule has 0 fully saturated rings. The van der Waals surface area contributed by atoms with Crippen molar-refractivity contribution in [2.45, 2.75) is 32.5 Å². The Kier molecular flexibility index (Phi) is 6.68. The van der Waals surface area contributed by atoms with E-state index in [1.165, 1.54) is 0 Å². The lowest BCUT2D eigenvalue weighted by Crippen LogP contribution is -2.23. The van der Waals surface area contributed by atoms with Crippen molar-refractivity contribution in [1.29, 1.82) is 0 Å². The molecule has 0 aliphatic rings. The first-order valence-corrected chi connectivity index (χ1v) is 4.95. The molecule has 0 amide bonds. The first-order valence-electron chi connectivity index (χ1n) is 4.41. The van der Waals surface area contributed by atoms with Gasteiger partial charge in [-0.3, -0.25) is 0 Å². The van der Waals surface area contributed by atoms with Crippen molar-refractivity contribution in [3.8, 4) is 0 Å². The Labute approximate surface area is 85.0 Å². The second-order valence-corrected chi connectivity index (χ2v) is 4.15. The first kappa shape index (κ1) is 13.2. The topological polar surface area (TPSA) is 38.7 Å². The van der Waals surface area contributed by atoms with Crippen molar-refractivity contribution in [2.75, 3.05) is 25.7 Å². The Hall–Kier alpha value is 0.170. The summed E-state index contributed by atoms with van der Waals surface area (Å²) >= 11 is 5.38. The summed E-state index contributed by atoms with van der Waals surface area (Å²) in [4.78, 5) is 0. The maximum atomic E-state index is 9.02. The molecular formula is C9H19ClO3. The van der Waals surface area contributed by atoms with Crippen LogP contribution in [0.3, 0.4) is 0 Å². The van der Waals surface area contributed by atoms with Crippen molar-refractivity contribution >= 4 is 11.6 Å². The third-order valence-electron chi connectivity index (χ3n) is 1.25. The van der Waals surface area contributed by atoms with Crippen LogP contribution in [0.4, 0.5) is 0 Å². The molecule has 0 aromatic rings. The van der Waals surface area contributed by atoms with Crippen LogP contribution in [0.5, 0.6) is 0 Å². The fraction of sp³-hybridized carbons (Fsp3) is 1.00. The van der Waals surface area contributed by atoms with Crippen LogP contribution in [0, 0.1) is 0 Å². The molecule has 4 heteroatoms. The summed E-state index contributed by atoms with van der Waals surface area (Å²) in [7, 11) is 0. The summed E-state index contributed by atoms with van der Waals surface area (Å²) in [6.07, 6.45) is -0.573. The molecule has 0 aromatic heterocycles. The van der Waals surface area contributed by atoms with Crippen LogP contribution in [0.1, 0.15) is 20.8 Å². The normalized spacial score (nSPS) is 14.5. The third kappa shape index (κ3) is 10.1. The number of aliphatic hydroxyl groups excluding tert-OH is 1. The van der Waals surface area contributed by atoms with Crippen LogP contribution in [-0.4, -0.2) is 42.5 Å². The second-order valence-electron chi connectivity index (χ2n) is 3.84. The lowest BCUT2D eigenvalue weighted by Gasteiger charge is -2.19. The average Bonchev–Trinajstić information content (AvgIpc) is 2.01. The molecule has 0 aromatic carbocycles. The summed E-state index contributed by atoms with van der Waals surface area (Å²) in [6.45, 7) is 7.27. The molecule has 0 bridgehead atoms. The van der Waals surface area contributed by atoms with E-state index in [9.17, 15) is 0 Å². The van der Waals surface area contributed by atoms with Crippen LogP contribution in [0.25, 0.3) is 0 Å². The molecule has 0 heterocycles. The molecule has 0 rings (SSSR count). The van der Waals surface area contributed by atoms with Gasteiger partial charge in [0, 0.05) is 0 Å². The highest BCUT2D eigenvalue weighted by Crippen LogP contribution is 2.05. The minimum Gasteiger partial charge on any atom is -0.389 e. The van der Waals surface area contributed by atoms with E-state index < -0.39 is 6.10 Å². The van der Waals surface area contributed by atoms with Gasteiger partial charge in [0.2, 0.25) is 0 Å². The van der Waals surface area contributed by atoms with E-state index in [-0.39, 0.29) is 18.1 Å². The summed E-state index contributed by atoms with van der Waals surface area (Å²) in [5, 5.41) is 9.02. The van der Waals surface area contributed by atoms with Crippen molar-refractivity contribution in [1.82, 2.24) is 0 Å². The smallest absolute Gasteiger partial charge is 0.0908 e. The van der Waals surface area contributed by atoms with Gasteiger partial charge in [0.15, 0.2) is 0 Å². The molecule has 0 saturated heterocycles. The summed E-state index contributed by atoms with van der Waals surface area (Å²) in [5.41, 5.74) is -0.130. The van der Waals surface area contributed by atoms with E-state index in [1.54, 1.807) is 0 Å². The van der Waals surface area contributed by atoms with Crippen LogP contribution < -0.4 is 0 Å². The third-order valence-corrected chi connectivity index (χ3v) is 1.61. The number of ether oxygens (including phenoxy) is 2. The zero-order valence-electron chi connectivity index (χ0n) is 8.55. The number of hydrogen-bond donors (Lipinski definition) is 1. The fourth-order valence-electron chi connectivity index (χ4n) is 0.671. The molecule has 3 nitrogen and oxygen atoms in total. The Morgan fingerprint density at radius 2 is 1.92 bits per heavy atom. The highest BCUT2D eigenvalue weighted by atomic mass is 35.5. The molecule has 0 saturated carbocycles. The molecule has 1 N–H and O–H groups in total. The molecule has 1 unspecified atom stereocenters. The van der Waals surface area contributed by atoms with Gasteiger partial charge in [0.05, 0.1) is 37.4 Å². The van der Waals surface area contributed by atoms with Crippen LogP contribution in [-0.2, 0) is 9.47 Å². The largest absolute Gasteiger partial charge is 0.389 e. The molecule has 0 aliphatic carbocycles. The average molecular weight is 211 g/mol. The van der Waals surface area contributed by atoms with Gasteiger partial charge < -0.3 is 14.6 Å². The standard InChI is InChI=1S/C9H19ClO3/c1-9(2,3)13-5-4-12-7-8(11)6-10/h8,11H,4-7H2,1-3H3.